The van der Waals surface area contributed by atoms with Gasteiger partial charge in [0.1, 0.15) is 0 Å². The molecular weight excluding hydrogens is 272 g/mol. The highest BCUT2D eigenvalue weighted by atomic mass is 17.3. The molecule has 0 saturated heterocycles. The number of ether oxygens (including phenoxy) is 3. The van der Waals surface area contributed by atoms with E-state index in [2.05, 4.69) is 14.5 Å². The van der Waals surface area contributed by atoms with Gasteiger partial charge in [0.05, 0.1) is 6.61 Å². The van der Waals surface area contributed by atoms with Crippen molar-refractivity contribution in [3.63, 3.8) is 0 Å². The minimum absolute atomic E-state index is 0.135. The fourth-order valence-electron chi connectivity index (χ4n) is 1.43. The Morgan fingerprint density at radius 3 is 2.20 bits per heavy atom. The molecule has 0 aliphatic rings. The van der Waals surface area contributed by atoms with Gasteiger partial charge in [-0.05, 0) is 39.5 Å². The molecule has 0 atom stereocenters. The van der Waals surface area contributed by atoms with Gasteiger partial charge in [-0.1, -0.05) is 0 Å². The van der Waals surface area contributed by atoms with Crippen LogP contribution in [0.2, 0.25) is 0 Å². The van der Waals surface area contributed by atoms with Gasteiger partial charge < -0.3 is 19.3 Å². The summed E-state index contributed by atoms with van der Waals surface area (Å²) < 4.78 is 15.3. The molecule has 0 aliphatic heterocycles. The zero-order valence-electron chi connectivity index (χ0n) is 11.8. The highest BCUT2D eigenvalue weighted by Crippen LogP contribution is 2.08. The minimum atomic E-state index is -1.71. The van der Waals surface area contributed by atoms with Crippen molar-refractivity contribution in [3.8, 4) is 0 Å². The van der Waals surface area contributed by atoms with E-state index in [1.807, 2.05) is 13.8 Å². The van der Waals surface area contributed by atoms with E-state index >= 15 is 0 Å². The summed E-state index contributed by atoms with van der Waals surface area (Å²) in [7, 11) is 0. The van der Waals surface area contributed by atoms with E-state index in [-0.39, 0.29) is 12.9 Å². The van der Waals surface area contributed by atoms with Crippen LogP contribution >= 0.6 is 0 Å². The Bertz CT molecular complexity index is 262. The third kappa shape index (κ3) is 11.5. The Morgan fingerprint density at radius 2 is 1.65 bits per heavy atom. The highest BCUT2D eigenvalue weighted by molar-refractivity contribution is 5.62. The molecule has 0 aromatic rings. The molecular formula is C12H22O8. The molecule has 0 aromatic heterocycles. The van der Waals surface area contributed by atoms with Gasteiger partial charge in [-0.25, -0.2) is 9.68 Å². The van der Waals surface area contributed by atoms with Crippen LogP contribution in [0.25, 0.3) is 0 Å². The first-order valence-corrected chi connectivity index (χ1v) is 6.57. The third-order valence-electron chi connectivity index (χ3n) is 2.19. The maximum Gasteiger partial charge on any atom is 0.549 e. The molecule has 0 fully saturated rings. The quantitative estimate of drug-likeness (QED) is 0.216. The fraction of sp³-hybridized carbons (Fsp3) is 0.833. The second-order valence-electron chi connectivity index (χ2n) is 3.72. The molecule has 0 aliphatic carbocycles. The molecule has 0 unspecified atom stereocenters. The molecule has 0 aromatic carbocycles. The van der Waals surface area contributed by atoms with Gasteiger partial charge in [0, 0.05) is 13.2 Å². The number of carbonyl (C=O) groups excluding carboxylic acids is 1. The smallest absolute Gasteiger partial charge is 0.447 e. The van der Waals surface area contributed by atoms with E-state index in [9.17, 15) is 9.59 Å². The van der Waals surface area contributed by atoms with Crippen molar-refractivity contribution in [1.29, 1.82) is 0 Å². The van der Waals surface area contributed by atoms with Crippen LogP contribution in [-0.4, -0.2) is 43.5 Å². The molecule has 0 radical (unpaired) electrons. The highest BCUT2D eigenvalue weighted by Gasteiger charge is 2.09. The Hall–Kier alpha value is -1.54. The Labute approximate surface area is 117 Å². The first-order valence-electron chi connectivity index (χ1n) is 6.57. The van der Waals surface area contributed by atoms with Gasteiger partial charge in [0.25, 0.3) is 0 Å². The van der Waals surface area contributed by atoms with Crippen molar-refractivity contribution in [2.75, 3.05) is 19.8 Å². The van der Waals surface area contributed by atoms with Crippen LogP contribution in [0, 0.1) is 0 Å². The molecule has 0 rings (SSSR count). The topological polar surface area (TPSA) is 101 Å². The molecule has 0 spiro atoms. The lowest BCUT2D eigenvalue weighted by Gasteiger charge is -2.16. The molecule has 0 heterocycles. The Kier molecular flexibility index (Phi) is 11.5. The molecule has 0 bridgehead atoms. The van der Waals surface area contributed by atoms with Gasteiger partial charge in [-0.3, -0.25) is 0 Å². The van der Waals surface area contributed by atoms with E-state index in [4.69, 9.17) is 14.6 Å². The predicted molar refractivity (Wildman–Crippen MR) is 67.1 cm³/mol. The van der Waals surface area contributed by atoms with Crippen molar-refractivity contribution in [2.45, 2.75) is 45.8 Å². The van der Waals surface area contributed by atoms with Crippen LogP contribution in [0.5, 0.6) is 0 Å². The molecule has 0 saturated carbocycles. The van der Waals surface area contributed by atoms with Gasteiger partial charge >= 0.3 is 12.3 Å². The molecule has 1 N–H and O–H groups in total. The van der Waals surface area contributed by atoms with E-state index in [1.54, 1.807) is 0 Å². The molecule has 8 nitrogen and oxygen atoms in total. The first kappa shape index (κ1) is 18.5. The van der Waals surface area contributed by atoms with Gasteiger partial charge in [-0.2, -0.15) is 9.68 Å². The fourth-order valence-corrected chi connectivity index (χ4v) is 1.43. The average Bonchev–Trinajstić information content (AvgIpc) is 2.40. The molecule has 20 heavy (non-hydrogen) atoms. The number of carbonyl (C=O) groups is 2. The zero-order valence-corrected chi connectivity index (χ0v) is 11.8. The average molecular weight is 294 g/mol. The molecule has 8 heteroatoms. The van der Waals surface area contributed by atoms with Crippen molar-refractivity contribution in [1.82, 2.24) is 0 Å². The summed E-state index contributed by atoms with van der Waals surface area (Å²) in [6.45, 7) is 5.15. The second kappa shape index (κ2) is 12.5. The zero-order chi connectivity index (χ0) is 15.2. The minimum Gasteiger partial charge on any atom is -0.447 e. The predicted octanol–water partition coefficient (Wildman–Crippen LogP) is 2.71. The number of hydrogen-bond donors (Lipinski definition) is 1. The monoisotopic (exact) mass is 294 g/mol. The second-order valence-corrected chi connectivity index (χ2v) is 3.72. The Morgan fingerprint density at radius 1 is 1.00 bits per heavy atom. The first-order chi connectivity index (χ1) is 9.60. The summed E-state index contributed by atoms with van der Waals surface area (Å²) in [5.74, 6) is 0. The summed E-state index contributed by atoms with van der Waals surface area (Å²) in [6.07, 6.45) is 0.0217. The van der Waals surface area contributed by atoms with Crippen LogP contribution < -0.4 is 0 Å². The van der Waals surface area contributed by atoms with Gasteiger partial charge in [0.2, 0.25) is 0 Å². The van der Waals surface area contributed by atoms with Crippen molar-refractivity contribution >= 4 is 12.3 Å². The van der Waals surface area contributed by atoms with Crippen LogP contribution in [0.15, 0.2) is 0 Å². The van der Waals surface area contributed by atoms with Crippen LogP contribution in [-0.2, 0) is 24.0 Å². The molecule has 118 valence electrons. The van der Waals surface area contributed by atoms with E-state index in [1.165, 1.54) is 0 Å². The van der Waals surface area contributed by atoms with Gasteiger partial charge in [0.15, 0.2) is 6.29 Å². The largest absolute Gasteiger partial charge is 0.549 e. The lowest BCUT2D eigenvalue weighted by atomic mass is 10.2. The summed E-state index contributed by atoms with van der Waals surface area (Å²) in [4.78, 5) is 28.1. The van der Waals surface area contributed by atoms with E-state index in [0.29, 0.717) is 19.6 Å². The number of unbranched alkanes of at least 4 members (excludes halogenated alkanes) is 2. The van der Waals surface area contributed by atoms with Crippen LogP contribution in [0.1, 0.15) is 39.5 Å². The van der Waals surface area contributed by atoms with E-state index < -0.39 is 12.3 Å². The summed E-state index contributed by atoms with van der Waals surface area (Å²) >= 11 is 0. The number of hydrogen-bond acceptors (Lipinski definition) is 7. The summed E-state index contributed by atoms with van der Waals surface area (Å²) in [6, 6.07) is 0. The third-order valence-corrected chi connectivity index (χ3v) is 2.19. The number of rotatable bonds is 10. The maximum absolute atomic E-state index is 10.8. The summed E-state index contributed by atoms with van der Waals surface area (Å²) in [5, 5.41) is 8.06. The maximum atomic E-state index is 10.8. The van der Waals surface area contributed by atoms with Crippen molar-refractivity contribution in [2.24, 2.45) is 0 Å². The summed E-state index contributed by atoms with van der Waals surface area (Å²) in [5.41, 5.74) is 0. The van der Waals surface area contributed by atoms with Crippen LogP contribution in [0.4, 0.5) is 9.59 Å². The SMILES string of the molecule is CCOC(CCCCCOC(=O)OOC(=O)O)OCC. The van der Waals surface area contributed by atoms with Crippen molar-refractivity contribution < 1.29 is 38.7 Å². The molecule has 0 amide bonds. The van der Waals surface area contributed by atoms with Crippen molar-refractivity contribution in [3.05, 3.63) is 0 Å². The normalized spacial score (nSPS) is 10.3. The lowest BCUT2D eigenvalue weighted by molar-refractivity contribution is -0.213. The standard InChI is InChI=1S/C12H22O8/c1-3-16-10(17-4-2)8-6-5-7-9-18-12(15)20-19-11(13)14/h10H,3-9H2,1-2H3,(H,13,14). The van der Waals surface area contributed by atoms with E-state index in [0.717, 1.165) is 19.3 Å². The van der Waals surface area contributed by atoms with Gasteiger partial charge in [-0.15, -0.1) is 0 Å². The van der Waals surface area contributed by atoms with Crippen LogP contribution in [0.3, 0.4) is 0 Å². The lowest BCUT2D eigenvalue weighted by Crippen LogP contribution is -2.17. The number of carboxylic acid groups (broad SMARTS) is 1. The Balaban J connectivity index is 3.46.